The Morgan fingerprint density at radius 2 is 1.89 bits per heavy atom. The second-order valence-electron chi connectivity index (χ2n) is 6.41. The molecule has 28 heavy (non-hydrogen) atoms. The van der Waals surface area contributed by atoms with Gasteiger partial charge in [0.15, 0.2) is 9.84 Å². The maximum Gasteiger partial charge on any atom is 0.237 e. The van der Waals surface area contributed by atoms with Crippen LogP contribution in [0.3, 0.4) is 0 Å². The third kappa shape index (κ3) is 4.59. The number of fused-ring (bicyclic) bond motifs is 1. The average molecular weight is 483 g/mol. The lowest BCUT2D eigenvalue weighted by molar-refractivity contribution is -0.118. The van der Waals surface area contributed by atoms with E-state index >= 15 is 0 Å². The molecule has 2 amide bonds. The number of benzene rings is 2. The van der Waals surface area contributed by atoms with E-state index in [0.717, 1.165) is 9.37 Å². The van der Waals surface area contributed by atoms with Gasteiger partial charge in [0.1, 0.15) is 0 Å². The standard InChI is InChI=1S/C19H19BrN2O4S2/c1-12-19(24)21-16-11-15(7-8-17(16)27-12)28(25,26)10-9-18(23)22(2)14-5-3-13(20)4-6-14/h3-8,11-12H,9-10H2,1-2H3,(H,21,24)/t12-/m1/s1. The molecule has 1 N–H and O–H groups in total. The molecule has 1 aliphatic rings. The fourth-order valence-electron chi connectivity index (χ4n) is 2.70. The number of thioether (sulfide) groups is 1. The number of carbonyl (C=O) groups is 2. The Morgan fingerprint density at radius 1 is 1.21 bits per heavy atom. The summed E-state index contributed by atoms with van der Waals surface area (Å²) in [5.74, 6) is -0.747. The second-order valence-corrected chi connectivity index (χ2v) is 10.8. The highest BCUT2D eigenvalue weighted by Gasteiger charge is 2.25. The van der Waals surface area contributed by atoms with Crippen molar-refractivity contribution in [3.05, 3.63) is 46.9 Å². The van der Waals surface area contributed by atoms with Crippen LogP contribution in [0.1, 0.15) is 13.3 Å². The summed E-state index contributed by atoms with van der Waals surface area (Å²) in [7, 11) is -2.04. The molecule has 0 bridgehead atoms. The Balaban J connectivity index is 1.70. The van der Waals surface area contributed by atoms with Crippen LogP contribution < -0.4 is 10.2 Å². The summed E-state index contributed by atoms with van der Waals surface area (Å²) in [6.07, 6.45) is -0.135. The van der Waals surface area contributed by atoms with Crippen LogP contribution in [-0.2, 0) is 19.4 Å². The van der Waals surface area contributed by atoms with E-state index in [9.17, 15) is 18.0 Å². The van der Waals surface area contributed by atoms with E-state index in [1.165, 1.54) is 28.8 Å². The Hall–Kier alpha value is -1.84. The number of rotatable bonds is 5. The highest BCUT2D eigenvalue weighted by Crippen LogP contribution is 2.36. The molecule has 2 aromatic carbocycles. The van der Waals surface area contributed by atoms with E-state index in [2.05, 4.69) is 21.2 Å². The zero-order valence-corrected chi connectivity index (χ0v) is 18.5. The van der Waals surface area contributed by atoms with E-state index in [0.29, 0.717) is 11.4 Å². The van der Waals surface area contributed by atoms with Crippen LogP contribution >= 0.6 is 27.7 Å². The molecule has 0 saturated heterocycles. The normalized spacial score (nSPS) is 16.2. The predicted molar refractivity (Wildman–Crippen MR) is 115 cm³/mol. The largest absolute Gasteiger partial charge is 0.324 e. The number of anilines is 2. The van der Waals surface area contributed by atoms with E-state index in [4.69, 9.17) is 0 Å². The van der Waals surface area contributed by atoms with Crippen molar-refractivity contribution < 1.29 is 18.0 Å². The summed E-state index contributed by atoms with van der Waals surface area (Å²) in [6.45, 7) is 1.79. The third-order valence-electron chi connectivity index (χ3n) is 4.41. The number of nitrogens with one attached hydrogen (secondary N) is 1. The number of hydrogen-bond donors (Lipinski definition) is 1. The molecule has 2 aromatic rings. The van der Waals surface area contributed by atoms with E-state index < -0.39 is 9.84 Å². The zero-order valence-electron chi connectivity index (χ0n) is 15.3. The first-order valence-electron chi connectivity index (χ1n) is 8.54. The first kappa shape index (κ1) is 20.9. The number of carbonyl (C=O) groups excluding carboxylic acids is 2. The van der Waals surface area contributed by atoms with E-state index in [1.807, 2.05) is 12.1 Å². The average Bonchev–Trinajstić information content (AvgIpc) is 2.66. The third-order valence-corrected chi connectivity index (χ3v) is 7.83. The van der Waals surface area contributed by atoms with Crippen molar-refractivity contribution in [1.29, 1.82) is 0 Å². The zero-order chi connectivity index (χ0) is 20.5. The van der Waals surface area contributed by atoms with Crippen LogP contribution in [0.5, 0.6) is 0 Å². The maximum absolute atomic E-state index is 12.7. The Bertz CT molecular complexity index is 1020. The van der Waals surface area contributed by atoms with Gasteiger partial charge in [-0.1, -0.05) is 15.9 Å². The van der Waals surface area contributed by atoms with Gasteiger partial charge in [-0.3, -0.25) is 9.59 Å². The van der Waals surface area contributed by atoms with Gasteiger partial charge in [0.2, 0.25) is 11.8 Å². The topological polar surface area (TPSA) is 83.6 Å². The SMILES string of the molecule is C[C@H]1Sc2ccc(S(=O)(=O)CCC(=O)N(C)c3ccc(Br)cc3)cc2NC1=O. The molecule has 9 heteroatoms. The lowest BCUT2D eigenvalue weighted by Gasteiger charge is -2.22. The van der Waals surface area contributed by atoms with Gasteiger partial charge >= 0.3 is 0 Å². The van der Waals surface area contributed by atoms with Crippen molar-refractivity contribution >= 4 is 60.7 Å². The molecule has 0 spiro atoms. The summed E-state index contributed by atoms with van der Waals surface area (Å²) in [4.78, 5) is 26.6. The maximum atomic E-state index is 12.7. The van der Waals surface area contributed by atoms with Crippen molar-refractivity contribution in [2.45, 2.75) is 28.4 Å². The van der Waals surface area contributed by atoms with Gasteiger partial charge < -0.3 is 10.2 Å². The highest BCUT2D eigenvalue weighted by molar-refractivity contribution is 9.10. The minimum absolute atomic E-state index is 0.0980. The van der Waals surface area contributed by atoms with Gasteiger partial charge in [-0.15, -0.1) is 11.8 Å². The molecule has 148 valence electrons. The summed E-state index contributed by atoms with van der Waals surface area (Å²) < 4.78 is 26.2. The molecule has 0 aromatic heterocycles. The Labute approximate surface area is 176 Å². The molecule has 3 rings (SSSR count). The van der Waals surface area contributed by atoms with Crippen LogP contribution in [-0.4, -0.2) is 38.3 Å². The molecule has 0 saturated carbocycles. The van der Waals surface area contributed by atoms with Gasteiger partial charge in [0, 0.05) is 28.5 Å². The van der Waals surface area contributed by atoms with Gasteiger partial charge in [-0.25, -0.2) is 8.42 Å². The Kier molecular flexibility index (Phi) is 6.16. The fourth-order valence-corrected chi connectivity index (χ4v) is 5.14. The fraction of sp³-hybridized carbons (Fsp3) is 0.263. The minimum atomic E-state index is -3.66. The molecule has 0 fully saturated rings. The first-order chi connectivity index (χ1) is 13.2. The predicted octanol–water partition coefficient (Wildman–Crippen LogP) is 3.71. The van der Waals surface area contributed by atoms with Gasteiger partial charge in [0.05, 0.1) is 21.6 Å². The lowest BCUT2D eigenvalue weighted by Crippen LogP contribution is -2.28. The van der Waals surface area contributed by atoms with Crippen molar-refractivity contribution in [1.82, 2.24) is 0 Å². The van der Waals surface area contributed by atoms with Crippen molar-refractivity contribution in [3.8, 4) is 0 Å². The van der Waals surface area contributed by atoms with Crippen LogP contribution in [0, 0.1) is 0 Å². The summed E-state index contributed by atoms with van der Waals surface area (Å²) in [5.41, 5.74) is 1.18. The minimum Gasteiger partial charge on any atom is -0.324 e. The van der Waals surface area contributed by atoms with Gasteiger partial charge in [0.25, 0.3) is 0 Å². The quantitative estimate of drug-likeness (QED) is 0.701. The first-order valence-corrected chi connectivity index (χ1v) is 11.9. The van der Waals surface area contributed by atoms with Crippen molar-refractivity contribution in [2.75, 3.05) is 23.0 Å². The lowest BCUT2D eigenvalue weighted by atomic mass is 10.3. The number of nitrogens with zero attached hydrogens (tertiary/aromatic N) is 1. The number of amides is 2. The van der Waals surface area contributed by atoms with Crippen LogP contribution in [0.2, 0.25) is 0 Å². The molecule has 6 nitrogen and oxygen atoms in total. The Morgan fingerprint density at radius 3 is 2.57 bits per heavy atom. The number of hydrogen-bond acceptors (Lipinski definition) is 5. The summed E-state index contributed by atoms with van der Waals surface area (Å²) >= 11 is 4.73. The number of halogens is 1. The number of sulfone groups is 1. The van der Waals surface area contributed by atoms with Crippen LogP contribution in [0.25, 0.3) is 0 Å². The smallest absolute Gasteiger partial charge is 0.237 e. The second kappa shape index (κ2) is 8.26. The molecular formula is C19H19BrN2O4S2. The van der Waals surface area contributed by atoms with Gasteiger partial charge in [-0.05, 0) is 49.4 Å². The molecular weight excluding hydrogens is 464 g/mol. The molecule has 1 atom stereocenters. The highest BCUT2D eigenvalue weighted by atomic mass is 79.9. The van der Waals surface area contributed by atoms with Crippen molar-refractivity contribution in [2.24, 2.45) is 0 Å². The van der Waals surface area contributed by atoms with Crippen LogP contribution in [0.15, 0.2) is 56.7 Å². The summed E-state index contributed by atoms with van der Waals surface area (Å²) in [5, 5.41) is 2.51. The molecule has 0 aliphatic carbocycles. The van der Waals surface area contributed by atoms with E-state index in [1.54, 1.807) is 32.2 Å². The molecule has 0 unspecified atom stereocenters. The summed E-state index contributed by atoms with van der Waals surface area (Å²) in [6, 6.07) is 11.9. The molecule has 1 heterocycles. The van der Waals surface area contributed by atoms with E-state index in [-0.39, 0.29) is 34.1 Å². The van der Waals surface area contributed by atoms with Crippen LogP contribution in [0.4, 0.5) is 11.4 Å². The van der Waals surface area contributed by atoms with Crippen molar-refractivity contribution in [3.63, 3.8) is 0 Å². The molecule has 1 aliphatic heterocycles. The monoisotopic (exact) mass is 482 g/mol. The van der Waals surface area contributed by atoms with Gasteiger partial charge in [-0.2, -0.15) is 0 Å². The molecule has 0 radical (unpaired) electrons.